The molecule has 2 aliphatic rings. The Morgan fingerprint density at radius 1 is 1.11 bits per heavy atom. The van der Waals surface area contributed by atoms with Crippen LogP contribution in [0.3, 0.4) is 0 Å². The summed E-state index contributed by atoms with van der Waals surface area (Å²) in [5, 5.41) is 3.31. The largest absolute Gasteiger partial charge is 0.317 e. The number of carbonyl (C=O) groups is 2. The minimum Gasteiger partial charge on any atom is -0.317 e. The van der Waals surface area contributed by atoms with E-state index in [0.29, 0.717) is 12.5 Å². The third kappa shape index (κ3) is 2.99. The molecule has 19 heavy (non-hydrogen) atoms. The summed E-state index contributed by atoms with van der Waals surface area (Å²) in [6, 6.07) is 0. The van der Waals surface area contributed by atoms with Gasteiger partial charge in [0.25, 0.3) is 0 Å². The zero-order valence-electron chi connectivity index (χ0n) is 12.2. The SMILES string of the molecule is CCCNCCCN1C(=O)C2CC(CC)CC2C1=O. The lowest BCUT2D eigenvalue weighted by molar-refractivity contribution is -0.140. The predicted molar refractivity (Wildman–Crippen MR) is 74.5 cm³/mol. The van der Waals surface area contributed by atoms with Gasteiger partial charge in [0, 0.05) is 6.54 Å². The Kier molecular flexibility index (Phi) is 4.97. The molecule has 0 aromatic heterocycles. The van der Waals surface area contributed by atoms with Crippen LogP contribution in [0.2, 0.25) is 0 Å². The van der Waals surface area contributed by atoms with E-state index < -0.39 is 0 Å². The highest BCUT2D eigenvalue weighted by Gasteiger charge is 2.51. The van der Waals surface area contributed by atoms with E-state index in [-0.39, 0.29) is 23.7 Å². The van der Waals surface area contributed by atoms with Crippen LogP contribution in [-0.4, -0.2) is 36.3 Å². The average Bonchev–Trinajstić information content (AvgIpc) is 2.93. The Morgan fingerprint density at radius 2 is 1.74 bits per heavy atom. The molecule has 4 nitrogen and oxygen atoms in total. The number of carbonyl (C=O) groups excluding carboxylic acids is 2. The van der Waals surface area contributed by atoms with E-state index in [0.717, 1.165) is 45.2 Å². The molecule has 1 aliphatic heterocycles. The lowest BCUT2D eigenvalue weighted by Gasteiger charge is -2.17. The first kappa shape index (κ1) is 14.5. The second kappa shape index (κ2) is 6.51. The number of amides is 2. The summed E-state index contributed by atoms with van der Waals surface area (Å²) in [7, 11) is 0. The number of nitrogens with one attached hydrogen (secondary N) is 1. The smallest absolute Gasteiger partial charge is 0.233 e. The maximum Gasteiger partial charge on any atom is 0.233 e. The number of nitrogens with zero attached hydrogens (tertiary/aromatic N) is 1. The van der Waals surface area contributed by atoms with Crippen LogP contribution < -0.4 is 5.32 Å². The van der Waals surface area contributed by atoms with Crippen molar-refractivity contribution in [1.82, 2.24) is 10.2 Å². The highest BCUT2D eigenvalue weighted by Crippen LogP contribution is 2.44. The van der Waals surface area contributed by atoms with Crippen LogP contribution in [0.4, 0.5) is 0 Å². The van der Waals surface area contributed by atoms with Crippen molar-refractivity contribution in [3.05, 3.63) is 0 Å². The molecule has 1 saturated carbocycles. The van der Waals surface area contributed by atoms with Crippen LogP contribution in [0.15, 0.2) is 0 Å². The molecule has 2 unspecified atom stereocenters. The number of hydrogen-bond donors (Lipinski definition) is 1. The van der Waals surface area contributed by atoms with Crippen LogP contribution in [-0.2, 0) is 9.59 Å². The van der Waals surface area contributed by atoms with E-state index in [1.807, 2.05) is 0 Å². The molecule has 108 valence electrons. The molecule has 0 spiro atoms. The van der Waals surface area contributed by atoms with E-state index in [2.05, 4.69) is 19.2 Å². The van der Waals surface area contributed by atoms with Crippen molar-refractivity contribution in [2.24, 2.45) is 17.8 Å². The van der Waals surface area contributed by atoms with Gasteiger partial charge in [-0.25, -0.2) is 0 Å². The molecule has 0 aromatic rings. The number of imide groups is 1. The van der Waals surface area contributed by atoms with Gasteiger partial charge < -0.3 is 5.32 Å². The molecule has 0 aromatic carbocycles. The molecule has 1 heterocycles. The van der Waals surface area contributed by atoms with Crippen molar-refractivity contribution < 1.29 is 9.59 Å². The third-order valence-corrected chi connectivity index (χ3v) is 4.57. The third-order valence-electron chi connectivity index (χ3n) is 4.57. The van der Waals surface area contributed by atoms with Crippen LogP contribution in [0.1, 0.15) is 46.0 Å². The number of rotatable bonds is 7. The summed E-state index contributed by atoms with van der Waals surface area (Å²) in [5.41, 5.74) is 0. The fourth-order valence-corrected chi connectivity index (χ4v) is 3.42. The van der Waals surface area contributed by atoms with E-state index in [9.17, 15) is 9.59 Å². The van der Waals surface area contributed by atoms with Gasteiger partial charge in [0.05, 0.1) is 11.8 Å². The van der Waals surface area contributed by atoms with Crippen molar-refractivity contribution in [2.45, 2.75) is 46.0 Å². The van der Waals surface area contributed by atoms with Gasteiger partial charge in [-0.15, -0.1) is 0 Å². The van der Waals surface area contributed by atoms with E-state index in [1.54, 1.807) is 0 Å². The zero-order valence-corrected chi connectivity index (χ0v) is 12.2. The van der Waals surface area contributed by atoms with Gasteiger partial charge in [0.15, 0.2) is 0 Å². The van der Waals surface area contributed by atoms with Crippen LogP contribution in [0.25, 0.3) is 0 Å². The van der Waals surface area contributed by atoms with E-state index in [1.165, 1.54) is 4.90 Å². The summed E-state index contributed by atoms with van der Waals surface area (Å²) in [4.78, 5) is 26.0. The number of hydrogen-bond acceptors (Lipinski definition) is 3. The van der Waals surface area contributed by atoms with E-state index in [4.69, 9.17) is 0 Å². The molecular weight excluding hydrogens is 240 g/mol. The standard InChI is InChI=1S/C15H26N2O2/c1-3-6-16-7-5-8-17-14(18)12-9-11(4-2)10-13(12)15(17)19/h11-13,16H,3-10H2,1-2H3. The molecule has 2 amide bonds. The highest BCUT2D eigenvalue weighted by molar-refractivity contribution is 6.05. The maximum absolute atomic E-state index is 12.3. The molecule has 0 bridgehead atoms. The minimum absolute atomic E-state index is 0.000973. The Morgan fingerprint density at radius 3 is 2.26 bits per heavy atom. The Bertz CT molecular complexity index is 319. The van der Waals surface area contributed by atoms with Gasteiger partial charge >= 0.3 is 0 Å². The van der Waals surface area contributed by atoms with Crippen LogP contribution >= 0.6 is 0 Å². The fraction of sp³-hybridized carbons (Fsp3) is 0.867. The van der Waals surface area contributed by atoms with Crippen molar-refractivity contribution >= 4 is 11.8 Å². The van der Waals surface area contributed by atoms with Crippen molar-refractivity contribution in [2.75, 3.05) is 19.6 Å². The first-order valence-corrected chi connectivity index (χ1v) is 7.74. The summed E-state index contributed by atoms with van der Waals surface area (Å²) in [6.07, 6.45) is 4.93. The summed E-state index contributed by atoms with van der Waals surface area (Å²) in [5.74, 6) is 0.779. The molecule has 2 rings (SSSR count). The van der Waals surface area contributed by atoms with Gasteiger partial charge in [-0.05, 0) is 44.7 Å². The zero-order chi connectivity index (χ0) is 13.8. The predicted octanol–water partition coefficient (Wildman–Crippen LogP) is 1.80. The van der Waals surface area contributed by atoms with E-state index >= 15 is 0 Å². The summed E-state index contributed by atoms with van der Waals surface area (Å²) >= 11 is 0. The Hall–Kier alpha value is -0.900. The van der Waals surface area contributed by atoms with Gasteiger partial charge in [-0.1, -0.05) is 20.3 Å². The minimum atomic E-state index is 0.000973. The molecule has 2 atom stereocenters. The highest BCUT2D eigenvalue weighted by atomic mass is 16.2. The molecule has 2 fully saturated rings. The molecular formula is C15H26N2O2. The van der Waals surface area contributed by atoms with Crippen molar-refractivity contribution in [3.63, 3.8) is 0 Å². The lowest BCUT2D eigenvalue weighted by Crippen LogP contribution is -2.34. The average molecular weight is 266 g/mol. The second-order valence-electron chi connectivity index (χ2n) is 5.89. The second-order valence-corrected chi connectivity index (χ2v) is 5.89. The van der Waals surface area contributed by atoms with Crippen molar-refractivity contribution in [1.29, 1.82) is 0 Å². The monoisotopic (exact) mass is 266 g/mol. The quantitative estimate of drug-likeness (QED) is 0.564. The first-order chi connectivity index (χ1) is 9.19. The van der Waals surface area contributed by atoms with Gasteiger partial charge in [0.1, 0.15) is 0 Å². The maximum atomic E-state index is 12.3. The Labute approximate surface area is 115 Å². The molecule has 1 saturated heterocycles. The summed E-state index contributed by atoms with van der Waals surface area (Å²) < 4.78 is 0. The lowest BCUT2D eigenvalue weighted by atomic mass is 10.00. The van der Waals surface area contributed by atoms with Gasteiger partial charge in [0.2, 0.25) is 11.8 Å². The molecule has 4 heteroatoms. The fourth-order valence-electron chi connectivity index (χ4n) is 3.42. The van der Waals surface area contributed by atoms with Crippen molar-refractivity contribution in [3.8, 4) is 0 Å². The molecule has 1 aliphatic carbocycles. The molecule has 0 radical (unpaired) electrons. The van der Waals surface area contributed by atoms with Gasteiger partial charge in [-0.3, -0.25) is 14.5 Å². The molecule has 1 N–H and O–H groups in total. The first-order valence-electron chi connectivity index (χ1n) is 7.74. The number of likely N-dealkylation sites (tertiary alicyclic amines) is 1. The van der Waals surface area contributed by atoms with Crippen LogP contribution in [0.5, 0.6) is 0 Å². The Balaban J connectivity index is 1.81. The summed E-state index contributed by atoms with van der Waals surface area (Å²) in [6.45, 7) is 6.77. The number of fused-ring (bicyclic) bond motifs is 1. The van der Waals surface area contributed by atoms with Crippen LogP contribution in [0, 0.1) is 17.8 Å². The normalized spacial score (nSPS) is 30.2. The topological polar surface area (TPSA) is 49.4 Å². The van der Waals surface area contributed by atoms with Gasteiger partial charge in [-0.2, -0.15) is 0 Å².